The van der Waals surface area contributed by atoms with Crippen molar-refractivity contribution in [2.75, 3.05) is 0 Å². The van der Waals surface area contributed by atoms with Gasteiger partial charge in [0.2, 0.25) is 5.91 Å². The second-order valence-electron chi connectivity index (χ2n) is 9.21. The number of carbonyl (C=O) groups excluding carboxylic acids is 1. The Morgan fingerprint density at radius 3 is 2.24 bits per heavy atom. The van der Waals surface area contributed by atoms with Crippen molar-refractivity contribution in [3.8, 4) is 0 Å². The first kappa shape index (κ1) is 25.0. The molecule has 1 heterocycles. The molecule has 1 amide bonds. The average Bonchev–Trinajstić information content (AvgIpc) is 3.21. The van der Waals surface area contributed by atoms with Crippen LogP contribution in [0.1, 0.15) is 95.5 Å². The quantitative estimate of drug-likeness (QED) is 0.247. The lowest BCUT2D eigenvalue weighted by atomic mass is 10.1. The Hall–Kier alpha value is -2.62. The van der Waals surface area contributed by atoms with E-state index in [-0.39, 0.29) is 11.9 Å². The van der Waals surface area contributed by atoms with E-state index < -0.39 is 0 Å². The normalized spacial score (nSPS) is 12.2. The molecule has 0 saturated carbocycles. The molecule has 1 aromatic heterocycles. The molecule has 0 spiro atoms. The molecule has 1 N–H and O–H groups in total. The largest absolute Gasteiger partial charge is 0.346 e. The SMILES string of the molecule is CCCCCCCCCCCn1c(C(C)NC(=O)CCc2ccccc2)nc2ccccc21. The third kappa shape index (κ3) is 8.03. The summed E-state index contributed by atoms with van der Waals surface area (Å²) >= 11 is 0. The molecule has 1 unspecified atom stereocenters. The highest BCUT2D eigenvalue weighted by Crippen LogP contribution is 2.22. The highest BCUT2D eigenvalue weighted by molar-refractivity contribution is 5.78. The predicted octanol–water partition coefficient (Wildman–Crippen LogP) is 7.38. The highest BCUT2D eigenvalue weighted by Gasteiger charge is 2.18. The zero-order valence-electron chi connectivity index (χ0n) is 20.6. The van der Waals surface area contributed by atoms with Crippen molar-refractivity contribution in [3.63, 3.8) is 0 Å². The van der Waals surface area contributed by atoms with Gasteiger partial charge in [-0.25, -0.2) is 4.98 Å². The van der Waals surface area contributed by atoms with Gasteiger partial charge in [0.15, 0.2) is 0 Å². The van der Waals surface area contributed by atoms with Gasteiger partial charge < -0.3 is 9.88 Å². The van der Waals surface area contributed by atoms with Gasteiger partial charge in [0.1, 0.15) is 5.82 Å². The number of hydrogen-bond acceptors (Lipinski definition) is 2. The van der Waals surface area contributed by atoms with Crippen molar-refractivity contribution >= 4 is 16.9 Å². The van der Waals surface area contributed by atoms with E-state index in [1.807, 2.05) is 24.3 Å². The Labute approximate surface area is 199 Å². The molecule has 0 fully saturated rings. The first-order valence-electron chi connectivity index (χ1n) is 13.0. The molecule has 4 heteroatoms. The molecular weight excluding hydrogens is 406 g/mol. The van der Waals surface area contributed by atoms with E-state index in [2.05, 4.69) is 54.1 Å². The van der Waals surface area contributed by atoms with Crippen LogP contribution in [-0.2, 0) is 17.8 Å². The van der Waals surface area contributed by atoms with Crippen LogP contribution in [0.2, 0.25) is 0 Å². The standard InChI is InChI=1S/C29H41N3O/c1-3-4-5-6-7-8-9-10-16-23-32-27-20-15-14-19-26(27)31-29(32)24(2)30-28(33)22-21-25-17-12-11-13-18-25/h11-15,17-20,24H,3-10,16,21-23H2,1-2H3,(H,30,33). The minimum Gasteiger partial charge on any atom is -0.346 e. The van der Waals surface area contributed by atoms with Gasteiger partial charge in [0.05, 0.1) is 17.1 Å². The van der Waals surface area contributed by atoms with E-state index in [0.717, 1.165) is 36.2 Å². The minimum absolute atomic E-state index is 0.0769. The number of aryl methyl sites for hydroxylation is 2. The molecule has 178 valence electrons. The van der Waals surface area contributed by atoms with E-state index in [4.69, 9.17) is 4.98 Å². The van der Waals surface area contributed by atoms with Crippen LogP contribution >= 0.6 is 0 Å². The molecule has 3 rings (SSSR count). The maximum atomic E-state index is 12.6. The number of nitrogens with one attached hydrogen (secondary N) is 1. The molecule has 0 bridgehead atoms. The van der Waals surface area contributed by atoms with Gasteiger partial charge in [-0.3, -0.25) is 4.79 Å². The molecule has 0 saturated heterocycles. The number of unbranched alkanes of at least 4 members (excludes halogenated alkanes) is 8. The zero-order valence-corrected chi connectivity index (χ0v) is 20.6. The monoisotopic (exact) mass is 447 g/mol. The summed E-state index contributed by atoms with van der Waals surface area (Å²) < 4.78 is 2.32. The molecule has 4 nitrogen and oxygen atoms in total. The highest BCUT2D eigenvalue weighted by atomic mass is 16.1. The first-order valence-corrected chi connectivity index (χ1v) is 13.0. The van der Waals surface area contributed by atoms with Gasteiger partial charge in [0, 0.05) is 13.0 Å². The molecule has 0 aliphatic heterocycles. The Morgan fingerprint density at radius 2 is 1.52 bits per heavy atom. The van der Waals surface area contributed by atoms with Crippen LogP contribution in [0.4, 0.5) is 0 Å². The Morgan fingerprint density at radius 1 is 0.879 bits per heavy atom. The summed E-state index contributed by atoms with van der Waals surface area (Å²) in [5.41, 5.74) is 3.36. The summed E-state index contributed by atoms with van der Waals surface area (Å²) in [6.07, 6.45) is 13.1. The number of aromatic nitrogens is 2. The number of nitrogens with zero attached hydrogens (tertiary/aromatic N) is 2. The molecule has 1 atom stereocenters. The molecule has 33 heavy (non-hydrogen) atoms. The fraction of sp³-hybridized carbons (Fsp3) is 0.517. The van der Waals surface area contributed by atoms with Gasteiger partial charge >= 0.3 is 0 Å². The number of amides is 1. The van der Waals surface area contributed by atoms with Crippen molar-refractivity contribution in [1.82, 2.24) is 14.9 Å². The maximum absolute atomic E-state index is 12.6. The molecule has 3 aromatic rings. The van der Waals surface area contributed by atoms with Crippen molar-refractivity contribution < 1.29 is 4.79 Å². The lowest BCUT2D eigenvalue weighted by Gasteiger charge is -2.16. The van der Waals surface area contributed by atoms with Crippen LogP contribution in [0.15, 0.2) is 54.6 Å². The van der Waals surface area contributed by atoms with E-state index in [1.165, 1.54) is 56.9 Å². The number of para-hydroxylation sites is 2. The van der Waals surface area contributed by atoms with E-state index in [1.54, 1.807) is 0 Å². The molecule has 2 aromatic carbocycles. The number of carbonyl (C=O) groups is 1. The van der Waals surface area contributed by atoms with Crippen LogP contribution in [0.3, 0.4) is 0 Å². The van der Waals surface area contributed by atoms with Crippen molar-refractivity contribution in [2.45, 2.75) is 97.1 Å². The third-order valence-corrected chi connectivity index (χ3v) is 6.42. The Balaban J connectivity index is 1.52. The van der Waals surface area contributed by atoms with Crippen LogP contribution in [0, 0.1) is 0 Å². The number of rotatable bonds is 15. The summed E-state index contributed by atoms with van der Waals surface area (Å²) in [5.74, 6) is 1.04. The van der Waals surface area contributed by atoms with Gasteiger partial charge in [-0.05, 0) is 37.5 Å². The first-order chi connectivity index (χ1) is 16.2. The smallest absolute Gasteiger partial charge is 0.220 e. The number of benzene rings is 2. The van der Waals surface area contributed by atoms with Gasteiger partial charge in [-0.2, -0.15) is 0 Å². The fourth-order valence-corrected chi connectivity index (χ4v) is 4.52. The van der Waals surface area contributed by atoms with Crippen LogP contribution in [0.25, 0.3) is 11.0 Å². The minimum atomic E-state index is -0.112. The summed E-state index contributed by atoms with van der Waals surface area (Å²) in [5, 5.41) is 3.18. The van der Waals surface area contributed by atoms with Crippen molar-refractivity contribution in [2.24, 2.45) is 0 Å². The van der Waals surface area contributed by atoms with E-state index >= 15 is 0 Å². The zero-order chi connectivity index (χ0) is 23.3. The van der Waals surface area contributed by atoms with E-state index in [0.29, 0.717) is 6.42 Å². The number of imidazole rings is 1. The van der Waals surface area contributed by atoms with Crippen molar-refractivity contribution in [3.05, 3.63) is 66.0 Å². The third-order valence-electron chi connectivity index (χ3n) is 6.42. The van der Waals surface area contributed by atoms with Crippen LogP contribution in [0.5, 0.6) is 0 Å². The lowest BCUT2D eigenvalue weighted by molar-refractivity contribution is -0.121. The Kier molecular flexibility index (Phi) is 10.5. The van der Waals surface area contributed by atoms with Gasteiger partial charge in [0.25, 0.3) is 0 Å². The van der Waals surface area contributed by atoms with Crippen LogP contribution in [-0.4, -0.2) is 15.5 Å². The lowest BCUT2D eigenvalue weighted by Crippen LogP contribution is -2.29. The van der Waals surface area contributed by atoms with Gasteiger partial charge in [-0.1, -0.05) is 101 Å². The predicted molar refractivity (Wildman–Crippen MR) is 138 cm³/mol. The summed E-state index contributed by atoms with van der Waals surface area (Å²) in [7, 11) is 0. The topological polar surface area (TPSA) is 46.9 Å². The fourth-order valence-electron chi connectivity index (χ4n) is 4.52. The second-order valence-corrected chi connectivity index (χ2v) is 9.21. The number of fused-ring (bicyclic) bond motifs is 1. The van der Waals surface area contributed by atoms with Crippen molar-refractivity contribution in [1.29, 1.82) is 0 Å². The summed E-state index contributed by atoms with van der Waals surface area (Å²) in [6.45, 7) is 5.27. The molecular formula is C29H41N3O. The second kappa shape index (κ2) is 13.8. The average molecular weight is 448 g/mol. The molecule has 0 aliphatic carbocycles. The molecule has 0 radical (unpaired) electrons. The summed E-state index contributed by atoms with van der Waals surface area (Å²) in [4.78, 5) is 17.5. The summed E-state index contributed by atoms with van der Waals surface area (Å²) in [6, 6.07) is 18.4. The van der Waals surface area contributed by atoms with Crippen LogP contribution < -0.4 is 5.32 Å². The number of hydrogen-bond donors (Lipinski definition) is 1. The maximum Gasteiger partial charge on any atom is 0.220 e. The van der Waals surface area contributed by atoms with Gasteiger partial charge in [-0.15, -0.1) is 0 Å². The molecule has 0 aliphatic rings. The Bertz CT molecular complexity index is 963. The van der Waals surface area contributed by atoms with E-state index in [9.17, 15) is 4.79 Å².